The van der Waals surface area contributed by atoms with Crippen LogP contribution in [-0.2, 0) is 0 Å². The first-order valence-electron chi connectivity index (χ1n) is 6.37. The molecule has 1 amide bonds. The van der Waals surface area contributed by atoms with E-state index in [4.69, 9.17) is 0 Å². The number of nitrogens with zero attached hydrogens (tertiary/aromatic N) is 1. The molecular weight excluding hydrogens is 231 g/mol. The van der Waals surface area contributed by atoms with E-state index >= 15 is 0 Å². The van der Waals surface area contributed by atoms with E-state index in [0.29, 0.717) is 19.0 Å². The highest BCUT2D eigenvalue weighted by atomic mass is 19.1. The van der Waals surface area contributed by atoms with Gasteiger partial charge in [0.15, 0.2) is 0 Å². The molecule has 3 nitrogen and oxygen atoms in total. The monoisotopic (exact) mass is 250 g/mol. The van der Waals surface area contributed by atoms with Crippen LogP contribution in [0, 0.1) is 11.7 Å². The standard InChI is InChI=1S/C14H19FN2O/c1-10(2)13-9-17(8-7-16-13)14(18)11-5-3-4-6-12(11)15/h3-6,10,13,16H,7-9H2,1-2H3. The van der Waals surface area contributed by atoms with Crippen LogP contribution in [0.1, 0.15) is 24.2 Å². The number of carbonyl (C=O) groups is 1. The van der Waals surface area contributed by atoms with Gasteiger partial charge in [-0.05, 0) is 18.1 Å². The van der Waals surface area contributed by atoms with Crippen molar-refractivity contribution in [2.75, 3.05) is 19.6 Å². The first kappa shape index (κ1) is 13.0. The van der Waals surface area contributed by atoms with Crippen LogP contribution < -0.4 is 5.32 Å². The molecule has 0 saturated carbocycles. The zero-order valence-corrected chi connectivity index (χ0v) is 10.8. The second kappa shape index (κ2) is 5.48. The van der Waals surface area contributed by atoms with E-state index in [-0.39, 0.29) is 17.5 Å². The first-order chi connectivity index (χ1) is 8.59. The van der Waals surface area contributed by atoms with Gasteiger partial charge >= 0.3 is 0 Å². The van der Waals surface area contributed by atoms with Crippen molar-refractivity contribution in [1.29, 1.82) is 0 Å². The van der Waals surface area contributed by atoms with Crippen LogP contribution >= 0.6 is 0 Å². The molecule has 1 unspecified atom stereocenters. The molecule has 1 atom stereocenters. The highest BCUT2D eigenvalue weighted by molar-refractivity contribution is 5.94. The van der Waals surface area contributed by atoms with Crippen molar-refractivity contribution in [2.24, 2.45) is 5.92 Å². The second-order valence-electron chi connectivity index (χ2n) is 5.04. The van der Waals surface area contributed by atoms with E-state index < -0.39 is 5.82 Å². The molecule has 0 aromatic heterocycles. The van der Waals surface area contributed by atoms with Gasteiger partial charge in [-0.15, -0.1) is 0 Å². The van der Waals surface area contributed by atoms with E-state index in [1.807, 2.05) is 0 Å². The Morgan fingerprint density at radius 1 is 1.44 bits per heavy atom. The Morgan fingerprint density at radius 2 is 2.17 bits per heavy atom. The quantitative estimate of drug-likeness (QED) is 0.869. The molecule has 1 N–H and O–H groups in total. The molecule has 1 aromatic rings. The Labute approximate surface area is 107 Å². The lowest BCUT2D eigenvalue weighted by molar-refractivity contribution is 0.0679. The van der Waals surface area contributed by atoms with Crippen molar-refractivity contribution in [2.45, 2.75) is 19.9 Å². The minimum Gasteiger partial charge on any atom is -0.336 e. The summed E-state index contributed by atoms with van der Waals surface area (Å²) < 4.78 is 13.6. The van der Waals surface area contributed by atoms with Crippen molar-refractivity contribution in [1.82, 2.24) is 10.2 Å². The molecule has 18 heavy (non-hydrogen) atoms. The highest BCUT2D eigenvalue weighted by Crippen LogP contribution is 2.14. The Bertz CT molecular complexity index is 434. The van der Waals surface area contributed by atoms with Crippen molar-refractivity contribution in [3.63, 3.8) is 0 Å². The summed E-state index contributed by atoms with van der Waals surface area (Å²) in [5.74, 6) is -0.191. The van der Waals surface area contributed by atoms with Gasteiger partial charge in [-0.3, -0.25) is 4.79 Å². The number of hydrogen-bond donors (Lipinski definition) is 1. The molecule has 1 fully saturated rings. The van der Waals surface area contributed by atoms with Crippen LogP contribution in [0.15, 0.2) is 24.3 Å². The molecule has 0 radical (unpaired) electrons. The van der Waals surface area contributed by atoms with Crippen molar-refractivity contribution >= 4 is 5.91 Å². The minimum absolute atomic E-state index is 0.168. The van der Waals surface area contributed by atoms with E-state index in [2.05, 4.69) is 19.2 Å². The zero-order valence-electron chi connectivity index (χ0n) is 10.8. The fourth-order valence-corrected chi connectivity index (χ4v) is 2.21. The summed E-state index contributed by atoms with van der Waals surface area (Å²) in [7, 11) is 0. The normalized spacial score (nSPS) is 20.2. The zero-order chi connectivity index (χ0) is 13.1. The number of rotatable bonds is 2. The number of nitrogens with one attached hydrogen (secondary N) is 1. The molecule has 4 heteroatoms. The predicted octanol–water partition coefficient (Wildman–Crippen LogP) is 1.90. The molecular formula is C14H19FN2O. The summed E-state index contributed by atoms with van der Waals surface area (Å²) in [6, 6.07) is 6.45. The molecule has 0 spiro atoms. The topological polar surface area (TPSA) is 32.3 Å². The fraction of sp³-hybridized carbons (Fsp3) is 0.500. The van der Waals surface area contributed by atoms with Crippen molar-refractivity contribution < 1.29 is 9.18 Å². The SMILES string of the molecule is CC(C)C1CN(C(=O)c2ccccc2F)CCN1. The average Bonchev–Trinajstić information content (AvgIpc) is 2.38. The van der Waals surface area contributed by atoms with Gasteiger partial charge in [0.25, 0.3) is 5.91 Å². The number of piperazine rings is 1. The average molecular weight is 250 g/mol. The van der Waals surface area contributed by atoms with E-state index in [1.165, 1.54) is 6.07 Å². The second-order valence-corrected chi connectivity index (χ2v) is 5.04. The van der Waals surface area contributed by atoms with Crippen LogP contribution in [0.2, 0.25) is 0 Å². The third-order valence-corrected chi connectivity index (χ3v) is 3.40. The molecule has 1 aliphatic heterocycles. The van der Waals surface area contributed by atoms with E-state index in [1.54, 1.807) is 23.1 Å². The van der Waals surface area contributed by atoms with Crippen molar-refractivity contribution in [3.8, 4) is 0 Å². The summed E-state index contributed by atoms with van der Waals surface area (Å²) in [4.78, 5) is 14.0. The summed E-state index contributed by atoms with van der Waals surface area (Å²) in [5.41, 5.74) is 0.168. The molecule has 2 rings (SSSR count). The number of carbonyl (C=O) groups excluding carboxylic acids is 1. The third kappa shape index (κ3) is 2.70. The number of amides is 1. The van der Waals surface area contributed by atoms with Crippen LogP contribution in [0.25, 0.3) is 0 Å². The summed E-state index contributed by atoms with van der Waals surface area (Å²) in [5, 5.41) is 3.38. The molecule has 1 aliphatic rings. The molecule has 0 bridgehead atoms. The molecule has 0 aliphatic carbocycles. The Hall–Kier alpha value is -1.42. The van der Waals surface area contributed by atoms with Gasteiger partial charge in [-0.25, -0.2) is 4.39 Å². The van der Waals surface area contributed by atoms with Gasteiger partial charge in [-0.2, -0.15) is 0 Å². The highest BCUT2D eigenvalue weighted by Gasteiger charge is 2.26. The maximum Gasteiger partial charge on any atom is 0.256 e. The Morgan fingerprint density at radius 3 is 2.83 bits per heavy atom. The summed E-state index contributed by atoms with van der Waals surface area (Å²) >= 11 is 0. The Kier molecular flexibility index (Phi) is 3.97. The first-order valence-corrected chi connectivity index (χ1v) is 6.37. The summed E-state index contributed by atoms with van der Waals surface area (Å²) in [6.45, 7) is 6.29. The van der Waals surface area contributed by atoms with Gasteiger partial charge in [-0.1, -0.05) is 26.0 Å². The molecule has 1 aromatic carbocycles. The molecule has 1 heterocycles. The van der Waals surface area contributed by atoms with Gasteiger partial charge in [0, 0.05) is 25.7 Å². The van der Waals surface area contributed by atoms with Crippen LogP contribution in [0.4, 0.5) is 4.39 Å². The number of halogens is 1. The van der Waals surface area contributed by atoms with Gasteiger partial charge in [0.05, 0.1) is 5.56 Å². The maximum absolute atomic E-state index is 13.6. The fourth-order valence-electron chi connectivity index (χ4n) is 2.21. The van der Waals surface area contributed by atoms with Gasteiger partial charge in [0.2, 0.25) is 0 Å². The van der Waals surface area contributed by atoms with E-state index in [0.717, 1.165) is 6.54 Å². The van der Waals surface area contributed by atoms with Crippen LogP contribution in [0.5, 0.6) is 0 Å². The lowest BCUT2D eigenvalue weighted by Gasteiger charge is -2.35. The third-order valence-electron chi connectivity index (χ3n) is 3.40. The number of hydrogen-bond acceptors (Lipinski definition) is 2. The predicted molar refractivity (Wildman–Crippen MR) is 68.9 cm³/mol. The smallest absolute Gasteiger partial charge is 0.256 e. The Balaban J connectivity index is 2.12. The van der Waals surface area contributed by atoms with Crippen molar-refractivity contribution in [3.05, 3.63) is 35.6 Å². The van der Waals surface area contributed by atoms with Gasteiger partial charge in [0.1, 0.15) is 5.82 Å². The lowest BCUT2D eigenvalue weighted by Crippen LogP contribution is -2.54. The van der Waals surface area contributed by atoms with Gasteiger partial charge < -0.3 is 10.2 Å². The molecule has 1 saturated heterocycles. The van der Waals surface area contributed by atoms with E-state index in [9.17, 15) is 9.18 Å². The van der Waals surface area contributed by atoms with Crippen LogP contribution in [0.3, 0.4) is 0 Å². The lowest BCUT2D eigenvalue weighted by atomic mass is 10.0. The van der Waals surface area contributed by atoms with Crippen LogP contribution in [-0.4, -0.2) is 36.5 Å². The maximum atomic E-state index is 13.6. The largest absolute Gasteiger partial charge is 0.336 e. The molecule has 98 valence electrons. The minimum atomic E-state index is -0.442. The number of benzene rings is 1. The summed E-state index contributed by atoms with van der Waals surface area (Å²) in [6.07, 6.45) is 0.